The van der Waals surface area contributed by atoms with Crippen molar-refractivity contribution >= 4 is 17.5 Å². The maximum Gasteiger partial charge on any atom is 0.255 e. The summed E-state index contributed by atoms with van der Waals surface area (Å²) in [5.41, 5.74) is -0.0684. The summed E-state index contributed by atoms with van der Waals surface area (Å²) < 4.78 is 13.6. The van der Waals surface area contributed by atoms with Gasteiger partial charge in [0, 0.05) is 19.6 Å². The SMILES string of the molecule is CC1CCCN(CCNC(=O)c2c(F)cccc2Cl)C1. The van der Waals surface area contributed by atoms with E-state index in [1.807, 2.05) is 0 Å². The Hall–Kier alpha value is -1.13. The van der Waals surface area contributed by atoms with Gasteiger partial charge in [-0.3, -0.25) is 4.79 Å². The Kier molecular flexibility index (Phi) is 5.38. The summed E-state index contributed by atoms with van der Waals surface area (Å²) >= 11 is 5.86. The van der Waals surface area contributed by atoms with Crippen molar-refractivity contribution in [1.29, 1.82) is 0 Å². The number of benzene rings is 1. The molecule has 0 saturated carbocycles. The van der Waals surface area contributed by atoms with E-state index in [1.165, 1.54) is 31.0 Å². The maximum absolute atomic E-state index is 13.6. The highest BCUT2D eigenvalue weighted by atomic mass is 35.5. The van der Waals surface area contributed by atoms with Crippen molar-refractivity contribution in [2.75, 3.05) is 26.2 Å². The summed E-state index contributed by atoms with van der Waals surface area (Å²) in [6.07, 6.45) is 2.47. The molecule has 0 radical (unpaired) electrons. The van der Waals surface area contributed by atoms with Gasteiger partial charge in [0.1, 0.15) is 5.82 Å². The Morgan fingerprint density at radius 1 is 1.55 bits per heavy atom. The lowest BCUT2D eigenvalue weighted by molar-refractivity contribution is 0.0940. The van der Waals surface area contributed by atoms with Gasteiger partial charge in [0.15, 0.2) is 0 Å². The summed E-state index contributed by atoms with van der Waals surface area (Å²) in [6, 6.07) is 4.25. The number of nitrogens with zero attached hydrogens (tertiary/aromatic N) is 1. The van der Waals surface area contributed by atoms with Crippen molar-refractivity contribution in [1.82, 2.24) is 10.2 Å². The molecule has 1 aromatic carbocycles. The van der Waals surface area contributed by atoms with Gasteiger partial charge in [-0.1, -0.05) is 24.6 Å². The predicted molar refractivity (Wildman–Crippen MR) is 78.6 cm³/mol. The zero-order valence-electron chi connectivity index (χ0n) is 11.7. The van der Waals surface area contributed by atoms with Crippen LogP contribution in [0.4, 0.5) is 4.39 Å². The largest absolute Gasteiger partial charge is 0.351 e. The molecule has 1 N–H and O–H groups in total. The molecule has 0 aliphatic carbocycles. The second kappa shape index (κ2) is 7.04. The van der Waals surface area contributed by atoms with Crippen LogP contribution in [0.2, 0.25) is 5.02 Å². The third-order valence-electron chi connectivity index (χ3n) is 3.64. The molecular weight excluding hydrogens is 279 g/mol. The number of amides is 1. The zero-order valence-corrected chi connectivity index (χ0v) is 12.4. The second-order valence-corrected chi connectivity index (χ2v) is 5.81. The number of rotatable bonds is 4. The van der Waals surface area contributed by atoms with Crippen LogP contribution in [-0.2, 0) is 0 Å². The van der Waals surface area contributed by atoms with E-state index in [0.717, 1.165) is 19.6 Å². The first kappa shape index (κ1) is 15.3. The third-order valence-corrected chi connectivity index (χ3v) is 3.96. The third kappa shape index (κ3) is 3.93. The lowest BCUT2D eigenvalue weighted by Gasteiger charge is -2.30. The van der Waals surface area contributed by atoms with Gasteiger partial charge in [-0.15, -0.1) is 0 Å². The van der Waals surface area contributed by atoms with Crippen LogP contribution in [0.5, 0.6) is 0 Å². The van der Waals surface area contributed by atoms with Gasteiger partial charge in [0.05, 0.1) is 10.6 Å². The molecule has 1 aliphatic heterocycles. The highest BCUT2D eigenvalue weighted by Gasteiger charge is 2.18. The fourth-order valence-electron chi connectivity index (χ4n) is 2.62. The van der Waals surface area contributed by atoms with E-state index in [9.17, 15) is 9.18 Å². The number of hydrogen-bond acceptors (Lipinski definition) is 2. The minimum absolute atomic E-state index is 0.0684. The zero-order chi connectivity index (χ0) is 14.5. The van der Waals surface area contributed by atoms with E-state index in [0.29, 0.717) is 12.5 Å². The van der Waals surface area contributed by atoms with Crippen LogP contribution in [0.25, 0.3) is 0 Å². The Morgan fingerprint density at radius 3 is 3.05 bits per heavy atom. The number of nitrogens with one attached hydrogen (secondary N) is 1. The lowest BCUT2D eigenvalue weighted by atomic mass is 10.0. The maximum atomic E-state index is 13.6. The van der Waals surface area contributed by atoms with E-state index >= 15 is 0 Å². The molecule has 1 fully saturated rings. The molecule has 2 rings (SSSR count). The van der Waals surface area contributed by atoms with Gasteiger partial charge in [-0.05, 0) is 37.4 Å². The van der Waals surface area contributed by atoms with Crippen LogP contribution in [0, 0.1) is 11.7 Å². The number of likely N-dealkylation sites (tertiary alicyclic amines) is 1. The molecule has 1 heterocycles. The topological polar surface area (TPSA) is 32.3 Å². The molecule has 1 atom stereocenters. The Bertz CT molecular complexity index is 461. The summed E-state index contributed by atoms with van der Waals surface area (Å²) in [7, 11) is 0. The number of hydrogen-bond donors (Lipinski definition) is 1. The number of carbonyl (C=O) groups is 1. The van der Waals surface area contributed by atoms with Crippen molar-refractivity contribution in [2.24, 2.45) is 5.92 Å². The summed E-state index contributed by atoms with van der Waals surface area (Å²) in [6.45, 7) is 5.68. The van der Waals surface area contributed by atoms with Crippen LogP contribution in [-0.4, -0.2) is 37.0 Å². The fraction of sp³-hybridized carbons (Fsp3) is 0.533. The molecule has 1 amide bonds. The first-order chi connectivity index (χ1) is 9.58. The lowest BCUT2D eigenvalue weighted by Crippen LogP contribution is -2.40. The highest BCUT2D eigenvalue weighted by Crippen LogP contribution is 2.18. The molecule has 3 nitrogen and oxygen atoms in total. The molecule has 1 aliphatic rings. The molecule has 1 saturated heterocycles. The molecule has 110 valence electrons. The summed E-state index contributed by atoms with van der Waals surface area (Å²) in [4.78, 5) is 14.3. The number of carbonyl (C=O) groups excluding carboxylic acids is 1. The van der Waals surface area contributed by atoms with Gasteiger partial charge in [0.25, 0.3) is 5.91 Å². The smallest absolute Gasteiger partial charge is 0.255 e. The van der Waals surface area contributed by atoms with Crippen molar-refractivity contribution in [3.8, 4) is 0 Å². The van der Waals surface area contributed by atoms with Gasteiger partial charge in [-0.2, -0.15) is 0 Å². The Balaban J connectivity index is 1.83. The molecule has 0 aromatic heterocycles. The van der Waals surface area contributed by atoms with Crippen LogP contribution in [0.1, 0.15) is 30.1 Å². The van der Waals surface area contributed by atoms with Crippen LogP contribution in [0.3, 0.4) is 0 Å². The predicted octanol–water partition coefficient (Wildman–Crippen LogP) is 2.94. The van der Waals surface area contributed by atoms with Crippen molar-refractivity contribution in [3.63, 3.8) is 0 Å². The van der Waals surface area contributed by atoms with Crippen molar-refractivity contribution in [3.05, 3.63) is 34.6 Å². The van der Waals surface area contributed by atoms with Gasteiger partial charge < -0.3 is 10.2 Å². The van der Waals surface area contributed by atoms with E-state index in [1.54, 1.807) is 0 Å². The van der Waals surface area contributed by atoms with Gasteiger partial charge in [0.2, 0.25) is 0 Å². The minimum atomic E-state index is -0.582. The van der Waals surface area contributed by atoms with Crippen molar-refractivity contribution < 1.29 is 9.18 Å². The first-order valence-electron chi connectivity index (χ1n) is 7.02. The summed E-state index contributed by atoms with van der Waals surface area (Å²) in [5, 5.41) is 2.89. The van der Waals surface area contributed by atoms with E-state index in [4.69, 9.17) is 11.6 Å². The Morgan fingerprint density at radius 2 is 2.35 bits per heavy atom. The molecule has 0 bridgehead atoms. The van der Waals surface area contributed by atoms with Crippen molar-refractivity contribution in [2.45, 2.75) is 19.8 Å². The standard InChI is InChI=1S/C15H20ClFN2O/c1-11-4-3-8-19(10-11)9-7-18-15(20)14-12(16)5-2-6-13(14)17/h2,5-6,11H,3-4,7-10H2,1H3,(H,18,20). The Labute approximate surface area is 124 Å². The average Bonchev–Trinajstić information content (AvgIpc) is 2.38. The highest BCUT2D eigenvalue weighted by molar-refractivity contribution is 6.33. The first-order valence-corrected chi connectivity index (χ1v) is 7.40. The normalized spacial score (nSPS) is 19.9. The minimum Gasteiger partial charge on any atom is -0.351 e. The van der Waals surface area contributed by atoms with Crippen LogP contribution in [0.15, 0.2) is 18.2 Å². The number of halogens is 2. The fourth-order valence-corrected chi connectivity index (χ4v) is 2.87. The van der Waals surface area contributed by atoms with E-state index in [-0.39, 0.29) is 10.6 Å². The second-order valence-electron chi connectivity index (χ2n) is 5.40. The molecule has 1 unspecified atom stereocenters. The van der Waals surface area contributed by atoms with Crippen LogP contribution < -0.4 is 5.32 Å². The molecular formula is C15H20ClFN2O. The molecule has 20 heavy (non-hydrogen) atoms. The average molecular weight is 299 g/mol. The number of piperidine rings is 1. The van der Waals surface area contributed by atoms with Gasteiger partial charge in [-0.25, -0.2) is 4.39 Å². The van der Waals surface area contributed by atoms with Gasteiger partial charge >= 0.3 is 0 Å². The molecule has 1 aromatic rings. The van der Waals surface area contributed by atoms with Crippen LogP contribution >= 0.6 is 11.6 Å². The van der Waals surface area contributed by atoms with E-state index in [2.05, 4.69) is 17.1 Å². The molecule has 5 heteroatoms. The van der Waals surface area contributed by atoms with E-state index < -0.39 is 11.7 Å². The summed E-state index contributed by atoms with van der Waals surface area (Å²) in [5.74, 6) is -0.319. The molecule has 0 spiro atoms. The monoisotopic (exact) mass is 298 g/mol. The quantitative estimate of drug-likeness (QED) is 0.927.